The maximum Gasteiger partial charge on any atom is 0.294 e. The second kappa shape index (κ2) is 5.72. The van der Waals surface area contributed by atoms with E-state index in [1.165, 1.54) is 11.1 Å². The van der Waals surface area contributed by atoms with Crippen molar-refractivity contribution in [1.29, 1.82) is 0 Å². The molecule has 1 saturated heterocycles. The van der Waals surface area contributed by atoms with Crippen LogP contribution in [-0.2, 0) is 13.0 Å². The van der Waals surface area contributed by atoms with Gasteiger partial charge in [0.05, 0.1) is 11.3 Å². The van der Waals surface area contributed by atoms with E-state index in [2.05, 4.69) is 9.88 Å². The lowest BCUT2D eigenvalue weighted by atomic mass is 9.60. The molecule has 3 aliphatic rings. The smallest absolute Gasteiger partial charge is 0.294 e. The van der Waals surface area contributed by atoms with Gasteiger partial charge < -0.3 is 0 Å². The van der Waals surface area contributed by atoms with Crippen molar-refractivity contribution >= 4 is 5.91 Å². The highest BCUT2D eigenvalue weighted by molar-refractivity contribution is 5.93. The standard InChI is InChI=1S/C16H20F2N4O2/c17-15(18)22-8-16(9-22)4-12(5-16)21-2-1-10-3-11(14(23)20-24)6-19-13(10)7-21/h3,6,12,15,24H,1-2,4-5,7-9H2,(H,20,23). The minimum atomic E-state index is -2.33. The van der Waals surface area contributed by atoms with Gasteiger partial charge in [0.2, 0.25) is 0 Å². The predicted octanol–water partition coefficient (Wildman–Crippen LogP) is 1.25. The van der Waals surface area contributed by atoms with E-state index < -0.39 is 12.5 Å². The molecule has 8 heteroatoms. The zero-order valence-electron chi connectivity index (χ0n) is 13.2. The van der Waals surface area contributed by atoms with Gasteiger partial charge in [0.15, 0.2) is 0 Å². The quantitative estimate of drug-likeness (QED) is 0.493. The van der Waals surface area contributed by atoms with Crippen LogP contribution in [-0.4, -0.2) is 58.1 Å². The number of carbonyl (C=O) groups excluding carboxylic acids is 1. The molecule has 0 atom stereocenters. The Labute approximate surface area is 138 Å². The largest absolute Gasteiger partial charge is 0.294 e. The average Bonchev–Trinajstić information content (AvgIpc) is 2.50. The molecule has 1 aliphatic carbocycles. The van der Waals surface area contributed by atoms with Crippen molar-refractivity contribution in [3.05, 3.63) is 29.1 Å². The molecule has 1 spiro atoms. The van der Waals surface area contributed by atoms with Gasteiger partial charge in [0.1, 0.15) is 0 Å². The van der Waals surface area contributed by atoms with Crippen molar-refractivity contribution in [1.82, 2.24) is 20.3 Å². The first kappa shape index (κ1) is 15.9. The fourth-order valence-corrected chi connectivity index (χ4v) is 4.34. The second-order valence-electron chi connectivity index (χ2n) is 7.24. The summed E-state index contributed by atoms with van der Waals surface area (Å²) in [4.78, 5) is 19.4. The SMILES string of the molecule is O=C(NO)c1cnc2c(c1)CCN(C1CC3(C1)CN(C(F)F)C3)C2. The fourth-order valence-electron chi connectivity index (χ4n) is 4.34. The highest BCUT2D eigenvalue weighted by Gasteiger charge is 2.55. The van der Waals surface area contributed by atoms with Crippen molar-refractivity contribution < 1.29 is 18.8 Å². The van der Waals surface area contributed by atoms with Gasteiger partial charge in [-0.1, -0.05) is 0 Å². The van der Waals surface area contributed by atoms with Gasteiger partial charge in [0.25, 0.3) is 12.5 Å². The molecule has 1 aromatic heterocycles. The molecule has 2 aliphatic heterocycles. The van der Waals surface area contributed by atoms with Crippen molar-refractivity contribution in [3.63, 3.8) is 0 Å². The van der Waals surface area contributed by atoms with Crippen molar-refractivity contribution in [2.24, 2.45) is 5.41 Å². The summed E-state index contributed by atoms with van der Waals surface area (Å²) < 4.78 is 25.2. The number of hydrogen-bond acceptors (Lipinski definition) is 5. The summed E-state index contributed by atoms with van der Waals surface area (Å²) in [5.41, 5.74) is 4.08. The molecule has 0 unspecified atom stereocenters. The number of fused-ring (bicyclic) bond motifs is 1. The minimum absolute atomic E-state index is 0.109. The number of hydrogen-bond donors (Lipinski definition) is 2. The van der Waals surface area contributed by atoms with Crippen LogP contribution in [0.25, 0.3) is 0 Å². The zero-order chi connectivity index (χ0) is 16.9. The number of nitrogens with zero attached hydrogens (tertiary/aromatic N) is 3. The molecule has 0 bridgehead atoms. The van der Waals surface area contributed by atoms with Crippen LogP contribution in [0.1, 0.15) is 34.5 Å². The van der Waals surface area contributed by atoms with Crippen LogP contribution in [0.15, 0.2) is 12.3 Å². The van der Waals surface area contributed by atoms with Crippen molar-refractivity contribution in [2.45, 2.75) is 38.4 Å². The lowest BCUT2D eigenvalue weighted by Gasteiger charge is -2.61. The monoisotopic (exact) mass is 338 g/mol. The molecule has 0 aromatic carbocycles. The number of pyridine rings is 1. The third-order valence-electron chi connectivity index (χ3n) is 5.65. The van der Waals surface area contributed by atoms with Crippen LogP contribution in [0.5, 0.6) is 0 Å². The normalized spacial score (nSPS) is 23.7. The van der Waals surface area contributed by atoms with E-state index in [0.717, 1.165) is 43.6 Å². The molecule has 24 heavy (non-hydrogen) atoms. The molecule has 2 fully saturated rings. The number of amides is 1. The van der Waals surface area contributed by atoms with Gasteiger partial charge in [0, 0.05) is 38.4 Å². The summed E-state index contributed by atoms with van der Waals surface area (Å²) in [7, 11) is 0. The molecule has 130 valence electrons. The molecule has 4 rings (SSSR count). The first-order chi connectivity index (χ1) is 11.5. The summed E-state index contributed by atoms with van der Waals surface area (Å²) in [6, 6.07) is 2.22. The molecule has 1 amide bonds. The summed E-state index contributed by atoms with van der Waals surface area (Å²) in [5, 5.41) is 8.69. The Morgan fingerprint density at radius 1 is 1.42 bits per heavy atom. The number of alkyl halides is 2. The molecule has 2 N–H and O–H groups in total. The van der Waals surface area contributed by atoms with Crippen LogP contribution >= 0.6 is 0 Å². The number of carbonyl (C=O) groups is 1. The minimum Gasteiger partial charge on any atom is -0.294 e. The van der Waals surface area contributed by atoms with Gasteiger partial charge in [-0.2, -0.15) is 8.78 Å². The average molecular weight is 338 g/mol. The highest BCUT2D eigenvalue weighted by atomic mass is 19.3. The molecule has 0 radical (unpaired) electrons. The van der Waals surface area contributed by atoms with E-state index >= 15 is 0 Å². The van der Waals surface area contributed by atoms with Crippen LogP contribution in [0, 0.1) is 5.41 Å². The molecule has 1 aromatic rings. The summed E-state index contributed by atoms with van der Waals surface area (Å²) >= 11 is 0. The van der Waals surface area contributed by atoms with Gasteiger partial charge >= 0.3 is 0 Å². The number of nitrogens with one attached hydrogen (secondary N) is 1. The fraction of sp³-hybridized carbons (Fsp3) is 0.625. The number of hydroxylamine groups is 1. The van der Waals surface area contributed by atoms with Gasteiger partial charge in [-0.3, -0.25) is 19.9 Å². The molecule has 1 saturated carbocycles. The van der Waals surface area contributed by atoms with E-state index in [4.69, 9.17) is 5.21 Å². The summed E-state index contributed by atoms with van der Waals surface area (Å²) in [6.07, 6.45) is 4.25. The Morgan fingerprint density at radius 3 is 2.83 bits per heavy atom. The van der Waals surface area contributed by atoms with E-state index in [-0.39, 0.29) is 5.41 Å². The maximum absolute atomic E-state index is 12.6. The molecule has 3 heterocycles. The Kier molecular flexibility index (Phi) is 3.78. The Bertz CT molecular complexity index is 655. The number of halogens is 2. The Morgan fingerprint density at radius 2 is 2.17 bits per heavy atom. The van der Waals surface area contributed by atoms with E-state index in [1.54, 1.807) is 11.5 Å². The Hall–Kier alpha value is -1.64. The van der Waals surface area contributed by atoms with Crippen molar-refractivity contribution in [2.75, 3.05) is 19.6 Å². The summed E-state index contributed by atoms with van der Waals surface area (Å²) in [6.45, 7) is 0.326. The van der Waals surface area contributed by atoms with Gasteiger partial charge in [-0.25, -0.2) is 10.4 Å². The maximum atomic E-state index is 12.6. The first-order valence-electron chi connectivity index (χ1n) is 8.18. The number of likely N-dealkylation sites (tertiary alicyclic amines) is 1. The van der Waals surface area contributed by atoms with Gasteiger partial charge in [-0.05, 0) is 36.3 Å². The first-order valence-corrected chi connectivity index (χ1v) is 8.18. The van der Waals surface area contributed by atoms with Crippen molar-refractivity contribution in [3.8, 4) is 0 Å². The third kappa shape index (κ3) is 2.58. The highest BCUT2D eigenvalue weighted by Crippen LogP contribution is 2.51. The van der Waals surface area contributed by atoms with Crippen LogP contribution < -0.4 is 5.48 Å². The van der Waals surface area contributed by atoms with Gasteiger partial charge in [-0.15, -0.1) is 0 Å². The third-order valence-corrected chi connectivity index (χ3v) is 5.65. The second-order valence-corrected chi connectivity index (χ2v) is 7.24. The number of rotatable bonds is 3. The van der Waals surface area contributed by atoms with Crippen LogP contribution in [0.4, 0.5) is 8.78 Å². The van der Waals surface area contributed by atoms with E-state index in [1.807, 2.05) is 0 Å². The van der Waals surface area contributed by atoms with E-state index in [0.29, 0.717) is 24.7 Å². The predicted molar refractivity (Wildman–Crippen MR) is 80.6 cm³/mol. The summed E-state index contributed by atoms with van der Waals surface area (Å²) in [5.74, 6) is -0.553. The van der Waals surface area contributed by atoms with Crippen LogP contribution in [0.3, 0.4) is 0 Å². The molecular formula is C16H20F2N4O2. The Balaban J connectivity index is 1.36. The topological polar surface area (TPSA) is 68.7 Å². The molecule has 6 nitrogen and oxygen atoms in total. The lowest BCUT2D eigenvalue weighted by Crippen LogP contribution is -2.67. The van der Waals surface area contributed by atoms with E-state index in [9.17, 15) is 13.6 Å². The zero-order valence-corrected chi connectivity index (χ0v) is 13.2. The van der Waals surface area contributed by atoms with Crippen LogP contribution in [0.2, 0.25) is 0 Å². The number of aromatic nitrogens is 1. The molecular weight excluding hydrogens is 318 g/mol. The lowest BCUT2D eigenvalue weighted by molar-refractivity contribution is -0.180.